The first-order valence-electron chi connectivity index (χ1n) is 17.2. The highest BCUT2D eigenvalue weighted by Crippen LogP contribution is 2.67. The molecular weight excluding hydrogens is 588 g/mol. The molecule has 0 unspecified atom stereocenters. The van der Waals surface area contributed by atoms with E-state index in [9.17, 15) is 14.7 Å². The Kier molecular flexibility index (Phi) is 8.15. The maximum absolute atomic E-state index is 14.2. The molecule has 246 valence electrons. The van der Waals surface area contributed by atoms with E-state index in [2.05, 4.69) is 49.1 Å². The SMILES string of the molecule is CC(=O)O[C@@]12CC[C@@H](N(CC(C)C)C(=O)C=Cc3cccc(C)c3)[C@@H]3Oc4c(O)ccc5c4[C@@]31CCN(CCc1ccccc1)[C@@H]2C5. The summed E-state index contributed by atoms with van der Waals surface area (Å²) < 4.78 is 13.6. The molecule has 2 bridgehead atoms. The van der Waals surface area contributed by atoms with Crippen LogP contribution in [0.15, 0.2) is 72.8 Å². The standard InChI is InChI=1S/C40H46N2O5/c1-26(2)25-42(35(45)16-13-30-12-8-9-27(3)23-30)32-17-19-40(47-28(4)43)34-24-31-14-15-33(44)37-36(31)39(40,38(32)46-37)20-22-41(34)21-18-29-10-6-5-7-11-29/h5-16,23,26,32,34,38,44H,17-22,24-25H2,1-4H3/t32-,34-,38+,39+,40-/m1/s1. The van der Waals surface area contributed by atoms with E-state index in [-0.39, 0.29) is 35.6 Å². The van der Waals surface area contributed by atoms with Crippen LogP contribution in [-0.2, 0) is 32.6 Å². The van der Waals surface area contributed by atoms with Crippen LogP contribution in [0.2, 0.25) is 0 Å². The predicted octanol–water partition coefficient (Wildman–Crippen LogP) is 6.23. The first-order valence-corrected chi connectivity index (χ1v) is 17.2. The number of hydrogen-bond donors (Lipinski definition) is 1. The van der Waals surface area contributed by atoms with Crippen molar-refractivity contribution >= 4 is 18.0 Å². The highest BCUT2D eigenvalue weighted by molar-refractivity contribution is 5.92. The number of aryl methyl sites for hydroxylation is 1. The van der Waals surface area contributed by atoms with E-state index >= 15 is 0 Å². The van der Waals surface area contributed by atoms with E-state index < -0.39 is 17.1 Å². The Balaban J connectivity index is 1.30. The molecule has 2 fully saturated rings. The van der Waals surface area contributed by atoms with Gasteiger partial charge in [-0.15, -0.1) is 0 Å². The maximum atomic E-state index is 14.2. The van der Waals surface area contributed by atoms with Crippen LogP contribution < -0.4 is 4.74 Å². The second-order valence-corrected chi connectivity index (χ2v) is 14.4. The number of nitrogens with zero attached hydrogens (tertiary/aromatic N) is 2. The van der Waals surface area contributed by atoms with Crippen LogP contribution in [0.25, 0.3) is 6.08 Å². The monoisotopic (exact) mass is 634 g/mol. The van der Waals surface area contributed by atoms with Crippen LogP contribution in [0.1, 0.15) is 67.9 Å². The zero-order valence-corrected chi connectivity index (χ0v) is 27.9. The van der Waals surface area contributed by atoms with Gasteiger partial charge in [0.25, 0.3) is 0 Å². The van der Waals surface area contributed by atoms with Gasteiger partial charge in [0, 0.05) is 31.7 Å². The summed E-state index contributed by atoms with van der Waals surface area (Å²) in [6, 6.07) is 22.1. The quantitative estimate of drug-likeness (QED) is 0.222. The molecule has 2 aliphatic heterocycles. The number of amides is 1. The largest absolute Gasteiger partial charge is 0.504 e. The number of rotatable bonds is 9. The minimum atomic E-state index is -0.842. The van der Waals surface area contributed by atoms with Crippen LogP contribution in [0.4, 0.5) is 0 Å². The maximum Gasteiger partial charge on any atom is 0.303 e. The van der Waals surface area contributed by atoms with Gasteiger partial charge in [0.05, 0.1) is 17.5 Å². The van der Waals surface area contributed by atoms with Crippen molar-refractivity contribution in [2.45, 2.75) is 89.0 Å². The van der Waals surface area contributed by atoms with Crippen molar-refractivity contribution < 1.29 is 24.2 Å². The summed E-state index contributed by atoms with van der Waals surface area (Å²) in [4.78, 5) is 31.8. The number of likely N-dealkylation sites (tertiary alicyclic amines) is 1. The van der Waals surface area contributed by atoms with E-state index in [4.69, 9.17) is 9.47 Å². The Morgan fingerprint density at radius 1 is 1.11 bits per heavy atom. The zero-order chi connectivity index (χ0) is 32.9. The number of phenolic OH excluding ortho intramolecular Hbond substituents is 1. The fraction of sp³-hybridized carbons (Fsp3) is 0.450. The lowest BCUT2D eigenvalue weighted by Crippen LogP contribution is -2.79. The second kappa shape index (κ2) is 12.2. The van der Waals surface area contributed by atoms with Crippen molar-refractivity contribution in [1.82, 2.24) is 9.80 Å². The number of carbonyl (C=O) groups excluding carboxylic acids is 2. The molecule has 3 aromatic rings. The Morgan fingerprint density at radius 2 is 1.91 bits per heavy atom. The lowest BCUT2D eigenvalue weighted by atomic mass is 9.48. The minimum absolute atomic E-state index is 0.0469. The summed E-state index contributed by atoms with van der Waals surface area (Å²) in [5.41, 5.74) is 4.00. The average molecular weight is 635 g/mol. The number of hydrogen-bond acceptors (Lipinski definition) is 6. The fourth-order valence-corrected chi connectivity index (χ4v) is 9.36. The lowest BCUT2D eigenvalue weighted by molar-refractivity contribution is -0.224. The Labute approximate surface area is 278 Å². The zero-order valence-electron chi connectivity index (χ0n) is 27.9. The molecule has 1 spiro atoms. The molecular formula is C40H46N2O5. The van der Waals surface area contributed by atoms with Crippen molar-refractivity contribution in [2.75, 3.05) is 19.6 Å². The van der Waals surface area contributed by atoms with E-state index in [1.165, 1.54) is 12.5 Å². The van der Waals surface area contributed by atoms with Gasteiger partial charge in [-0.25, -0.2) is 0 Å². The van der Waals surface area contributed by atoms with Crippen LogP contribution in [0, 0.1) is 12.8 Å². The number of aromatic hydroxyl groups is 1. The number of ether oxygens (including phenoxy) is 2. The van der Waals surface area contributed by atoms with E-state index in [0.717, 1.165) is 41.8 Å². The third-order valence-corrected chi connectivity index (χ3v) is 11.1. The molecule has 3 aromatic carbocycles. The molecule has 1 saturated carbocycles. The summed E-state index contributed by atoms with van der Waals surface area (Å²) in [5, 5.41) is 11.2. The average Bonchev–Trinajstić information content (AvgIpc) is 3.39. The summed E-state index contributed by atoms with van der Waals surface area (Å²) >= 11 is 0. The highest BCUT2D eigenvalue weighted by Gasteiger charge is 2.75. The molecule has 47 heavy (non-hydrogen) atoms. The predicted molar refractivity (Wildman–Crippen MR) is 182 cm³/mol. The molecule has 5 atom stereocenters. The Hall–Kier alpha value is -4.10. The molecule has 7 rings (SSSR count). The molecule has 1 saturated heterocycles. The van der Waals surface area contributed by atoms with Crippen LogP contribution in [0.3, 0.4) is 0 Å². The third kappa shape index (κ3) is 5.23. The molecule has 0 radical (unpaired) electrons. The topological polar surface area (TPSA) is 79.3 Å². The van der Waals surface area contributed by atoms with E-state index in [1.54, 1.807) is 12.1 Å². The smallest absolute Gasteiger partial charge is 0.303 e. The first-order chi connectivity index (χ1) is 22.6. The number of carbonyl (C=O) groups is 2. The van der Waals surface area contributed by atoms with Gasteiger partial charge in [0.1, 0.15) is 11.7 Å². The summed E-state index contributed by atoms with van der Waals surface area (Å²) in [7, 11) is 0. The first kappa shape index (κ1) is 31.5. The van der Waals surface area contributed by atoms with Crippen LogP contribution in [-0.4, -0.2) is 70.2 Å². The van der Waals surface area contributed by atoms with Gasteiger partial charge >= 0.3 is 5.97 Å². The number of benzene rings is 3. The molecule has 4 aliphatic rings. The van der Waals surface area contributed by atoms with Gasteiger partial charge < -0.3 is 19.5 Å². The van der Waals surface area contributed by atoms with Gasteiger partial charge in [-0.3, -0.25) is 14.5 Å². The molecule has 7 nitrogen and oxygen atoms in total. The molecule has 1 N–H and O–H groups in total. The highest BCUT2D eigenvalue weighted by atomic mass is 16.6. The summed E-state index contributed by atoms with van der Waals surface area (Å²) in [5.74, 6) is 0.479. The van der Waals surface area contributed by atoms with Crippen LogP contribution in [0.5, 0.6) is 11.5 Å². The Morgan fingerprint density at radius 3 is 2.66 bits per heavy atom. The Bertz CT molecular complexity index is 1700. The van der Waals surface area contributed by atoms with Crippen molar-refractivity contribution in [3.8, 4) is 11.5 Å². The van der Waals surface area contributed by atoms with E-state index in [1.807, 2.05) is 48.2 Å². The lowest BCUT2D eigenvalue weighted by Gasteiger charge is -2.65. The summed E-state index contributed by atoms with van der Waals surface area (Å²) in [6.45, 7) is 10.0. The second-order valence-electron chi connectivity index (χ2n) is 14.4. The van der Waals surface area contributed by atoms with Crippen molar-refractivity contribution in [3.63, 3.8) is 0 Å². The molecule has 0 aromatic heterocycles. The summed E-state index contributed by atoms with van der Waals surface area (Å²) in [6.07, 6.45) is 6.67. The van der Waals surface area contributed by atoms with Gasteiger partial charge in [-0.1, -0.05) is 80.1 Å². The van der Waals surface area contributed by atoms with Crippen molar-refractivity contribution in [3.05, 3.63) is 101 Å². The molecule has 2 aliphatic carbocycles. The molecule has 7 heteroatoms. The fourth-order valence-electron chi connectivity index (χ4n) is 9.36. The minimum Gasteiger partial charge on any atom is -0.504 e. The van der Waals surface area contributed by atoms with Gasteiger partial charge in [0.15, 0.2) is 11.5 Å². The van der Waals surface area contributed by atoms with Gasteiger partial charge in [0.2, 0.25) is 5.91 Å². The number of piperidine rings is 1. The van der Waals surface area contributed by atoms with Crippen molar-refractivity contribution in [1.29, 1.82) is 0 Å². The normalized spacial score (nSPS) is 27.4. The van der Waals surface area contributed by atoms with Crippen molar-refractivity contribution in [2.24, 2.45) is 5.92 Å². The van der Waals surface area contributed by atoms with Gasteiger partial charge in [-0.2, -0.15) is 0 Å². The third-order valence-electron chi connectivity index (χ3n) is 11.1. The van der Waals surface area contributed by atoms with E-state index in [0.29, 0.717) is 38.0 Å². The number of phenols is 1. The van der Waals surface area contributed by atoms with Gasteiger partial charge in [-0.05, 0) is 80.3 Å². The van der Waals surface area contributed by atoms with Crippen LogP contribution >= 0.6 is 0 Å². The molecule has 2 heterocycles. The number of esters is 1. The molecule has 1 amide bonds.